The van der Waals surface area contributed by atoms with Crippen LogP contribution >= 0.6 is 39.1 Å². The lowest BCUT2D eigenvalue weighted by Gasteiger charge is -2.14. The van der Waals surface area contributed by atoms with E-state index in [9.17, 15) is 0 Å². The first-order chi connectivity index (χ1) is 34.7. The van der Waals surface area contributed by atoms with Gasteiger partial charge in [0.2, 0.25) is 0 Å². The van der Waals surface area contributed by atoms with E-state index in [4.69, 9.17) is 46.1 Å². The molecule has 8 aromatic rings. The number of nitrogens with two attached hydrogens (primary N) is 4. The molecule has 12 N–H and O–H groups in total. The number of halogens is 3. The minimum atomic E-state index is 0. The highest BCUT2D eigenvalue weighted by Crippen LogP contribution is 2.41. The van der Waals surface area contributed by atoms with Gasteiger partial charge in [-0.1, -0.05) is 110 Å². The third kappa shape index (κ3) is 11.5. The van der Waals surface area contributed by atoms with Gasteiger partial charge in [-0.05, 0) is 173 Å². The molecular weight excluding hydrogens is 1010 g/mol. The van der Waals surface area contributed by atoms with Gasteiger partial charge in [-0.3, -0.25) is 0 Å². The van der Waals surface area contributed by atoms with Crippen molar-refractivity contribution in [3.05, 3.63) is 187 Å². The van der Waals surface area contributed by atoms with Crippen LogP contribution in [0.2, 0.25) is 10.0 Å². The van der Waals surface area contributed by atoms with Crippen molar-refractivity contribution >= 4 is 82.7 Å². The van der Waals surface area contributed by atoms with Crippen molar-refractivity contribution < 1.29 is 0 Å². The summed E-state index contributed by atoms with van der Waals surface area (Å²) in [5, 5.41) is 6.76. The molecule has 4 aliphatic rings. The van der Waals surface area contributed by atoms with Gasteiger partial charge in [0.05, 0.1) is 0 Å². The molecule has 0 aliphatic heterocycles. The lowest BCUT2D eigenvalue weighted by Crippen LogP contribution is -2.09. The summed E-state index contributed by atoms with van der Waals surface area (Å²) in [6.45, 7) is 17.9. The van der Waals surface area contributed by atoms with Crippen molar-refractivity contribution in [1.82, 2.24) is 19.9 Å². The lowest BCUT2D eigenvalue weighted by molar-refractivity contribution is 0.640. The zero-order valence-electron chi connectivity index (χ0n) is 41.8. The Kier molecular flexibility index (Phi) is 17.0. The summed E-state index contributed by atoms with van der Waals surface area (Å²) < 4.78 is 1.13. The fourth-order valence-electron chi connectivity index (χ4n) is 12.0. The Morgan fingerprint density at radius 1 is 0.438 bits per heavy atom. The molecular formula is C62H75BrCl2N8. The molecule has 0 fully saturated rings. The molecule has 384 valence electrons. The highest BCUT2D eigenvalue weighted by atomic mass is 79.9. The van der Waals surface area contributed by atoms with E-state index < -0.39 is 0 Å². The molecule has 0 bridgehead atoms. The van der Waals surface area contributed by atoms with Crippen LogP contribution in [0.1, 0.15) is 159 Å². The minimum Gasteiger partial charge on any atom is -0.402 e. The zero-order valence-corrected chi connectivity index (χ0v) is 44.9. The second-order valence-corrected chi connectivity index (χ2v) is 22.5. The Morgan fingerprint density at radius 2 is 0.726 bits per heavy atom. The number of hydrogen-bond acceptors (Lipinski definition) is 4. The summed E-state index contributed by atoms with van der Waals surface area (Å²) in [4.78, 5) is 14.2. The largest absolute Gasteiger partial charge is 0.402 e. The van der Waals surface area contributed by atoms with Gasteiger partial charge in [0.1, 0.15) is 0 Å². The maximum absolute atomic E-state index is 6.10. The summed E-state index contributed by atoms with van der Waals surface area (Å²) in [5.74, 6) is 1.10. The first kappa shape index (κ1) is 53.5. The smallest absolute Gasteiger partial charge is 0.0460 e. The molecule has 4 heterocycles. The summed E-state index contributed by atoms with van der Waals surface area (Å²) in [6.07, 6.45) is 18.6. The van der Waals surface area contributed by atoms with Crippen LogP contribution in [-0.4, -0.2) is 19.9 Å². The van der Waals surface area contributed by atoms with Crippen molar-refractivity contribution in [3.63, 3.8) is 0 Å². The average molecular weight is 1080 g/mol. The van der Waals surface area contributed by atoms with E-state index in [0.717, 1.165) is 99.7 Å². The number of benzene rings is 4. The normalized spacial score (nSPS) is 19.2. The molecule has 12 rings (SSSR count). The third-order valence-corrected chi connectivity index (χ3v) is 16.6. The zero-order chi connectivity index (χ0) is 50.8. The molecule has 0 radical (unpaired) electrons. The highest BCUT2D eigenvalue weighted by molar-refractivity contribution is 9.10. The predicted octanol–water partition coefficient (Wildman–Crippen LogP) is 16.8. The number of aromatic nitrogens is 4. The van der Waals surface area contributed by atoms with Crippen LogP contribution in [0.4, 0.5) is 0 Å². The van der Waals surface area contributed by atoms with Gasteiger partial charge >= 0.3 is 0 Å². The Morgan fingerprint density at radius 3 is 1.05 bits per heavy atom. The van der Waals surface area contributed by atoms with Crippen molar-refractivity contribution in [1.29, 1.82) is 0 Å². The van der Waals surface area contributed by atoms with E-state index in [2.05, 4.69) is 106 Å². The van der Waals surface area contributed by atoms with Gasteiger partial charge < -0.3 is 42.9 Å². The second kappa shape index (κ2) is 23.2. The molecule has 4 aromatic heterocycles. The summed E-state index contributed by atoms with van der Waals surface area (Å²) >= 11 is 15.8. The van der Waals surface area contributed by atoms with Gasteiger partial charge in [-0.25, -0.2) is 0 Å². The van der Waals surface area contributed by atoms with E-state index in [1.807, 2.05) is 36.4 Å². The molecule has 4 aliphatic carbocycles. The Labute approximate surface area is 450 Å². The van der Waals surface area contributed by atoms with E-state index in [1.165, 1.54) is 135 Å². The second-order valence-electron chi connectivity index (χ2n) is 20.7. The average Bonchev–Trinajstić information content (AvgIpc) is 3.85. The lowest BCUT2D eigenvalue weighted by atomic mass is 9.96. The Bertz CT molecular complexity index is 2890. The van der Waals surface area contributed by atoms with Crippen LogP contribution in [0.15, 0.2) is 126 Å². The molecule has 0 amide bonds. The van der Waals surface area contributed by atoms with Crippen LogP contribution in [0.25, 0.3) is 43.6 Å². The van der Waals surface area contributed by atoms with Gasteiger partial charge in [-0.15, -0.1) is 0 Å². The molecule has 0 spiro atoms. The molecule has 4 atom stereocenters. The molecule has 11 heteroatoms. The number of hydrogen-bond donors (Lipinski definition) is 8. The summed E-state index contributed by atoms with van der Waals surface area (Å²) in [7, 11) is 0. The Balaban J connectivity index is 0.000000129. The monoisotopic (exact) mass is 1080 g/mol. The Hall–Kier alpha value is -5.74. The fraction of sp³-hybridized carbons (Fsp3) is 0.355. The summed E-state index contributed by atoms with van der Waals surface area (Å²) in [6, 6.07) is 25.1. The standard InChI is InChI=1S/C16H20N2.C15H17BrN2.2C15H17ClN2.CH4/c1-10-7-8-15-14(9-10)13-6-4-3-5-12(11(2)17)16(13)18-15;3*1-9(17)11-4-2-3-5-12-13-8-10(16)6-7-14(13)18-15(11)12;/h7-9,12,18H,2-6,17H2,1H3;3*6-8,11,18H,1-5,17H2;1H4. The minimum absolute atomic E-state index is 0. The number of H-pyrrole nitrogens is 4. The van der Waals surface area contributed by atoms with Crippen LogP contribution in [0.5, 0.6) is 0 Å². The molecule has 73 heavy (non-hydrogen) atoms. The number of allylic oxidation sites excluding steroid dienone is 4. The number of aromatic amines is 4. The fourth-order valence-corrected chi connectivity index (χ4v) is 12.7. The van der Waals surface area contributed by atoms with Crippen LogP contribution in [0.3, 0.4) is 0 Å². The van der Waals surface area contributed by atoms with E-state index >= 15 is 0 Å². The van der Waals surface area contributed by atoms with Crippen LogP contribution in [0, 0.1) is 6.92 Å². The summed E-state index contributed by atoms with van der Waals surface area (Å²) in [5.41, 5.74) is 43.8. The SMILES string of the molecule is C.C=C(N)C1CCCCc2c1[nH]c1ccc(Br)cc21.C=C(N)C1CCCCc2c1[nH]c1ccc(C)cc21.C=C(N)C1CCCCc2c1[nH]c1ccc(Cl)cc21.C=C(N)C1CCCCc2c1[nH]c1ccc(Cl)cc21. The van der Waals surface area contributed by atoms with Crippen molar-refractivity contribution in [2.45, 2.75) is 141 Å². The highest BCUT2D eigenvalue weighted by Gasteiger charge is 2.27. The number of aryl methyl sites for hydroxylation is 5. The van der Waals surface area contributed by atoms with Gasteiger partial charge in [0.15, 0.2) is 0 Å². The predicted molar refractivity (Wildman–Crippen MR) is 317 cm³/mol. The van der Waals surface area contributed by atoms with Crippen molar-refractivity contribution in [2.75, 3.05) is 0 Å². The van der Waals surface area contributed by atoms with Crippen molar-refractivity contribution in [2.24, 2.45) is 22.9 Å². The number of fused-ring (bicyclic) bond motifs is 12. The van der Waals surface area contributed by atoms with Crippen LogP contribution in [-0.2, 0) is 25.7 Å². The first-order valence-corrected chi connectivity index (χ1v) is 27.5. The van der Waals surface area contributed by atoms with Gasteiger partial charge in [0, 0.05) is 127 Å². The third-order valence-electron chi connectivity index (χ3n) is 15.7. The van der Waals surface area contributed by atoms with Gasteiger partial charge in [0.25, 0.3) is 0 Å². The first-order valence-electron chi connectivity index (χ1n) is 25.9. The topological polar surface area (TPSA) is 167 Å². The van der Waals surface area contributed by atoms with E-state index in [0.29, 0.717) is 5.92 Å². The number of nitrogens with one attached hydrogen (secondary N) is 4. The van der Waals surface area contributed by atoms with Gasteiger partial charge in [-0.2, -0.15) is 0 Å². The van der Waals surface area contributed by atoms with Crippen molar-refractivity contribution in [3.8, 4) is 0 Å². The maximum Gasteiger partial charge on any atom is 0.0460 e. The maximum atomic E-state index is 6.10. The van der Waals surface area contributed by atoms with E-state index in [-0.39, 0.29) is 25.2 Å². The molecule has 0 saturated carbocycles. The quantitative estimate of drug-likeness (QED) is 0.0822. The number of rotatable bonds is 4. The molecule has 8 nitrogen and oxygen atoms in total. The molecule has 0 saturated heterocycles. The molecule has 4 unspecified atom stereocenters. The van der Waals surface area contributed by atoms with E-state index in [1.54, 1.807) is 0 Å². The van der Waals surface area contributed by atoms with Crippen LogP contribution < -0.4 is 22.9 Å². The molecule has 4 aromatic carbocycles.